The van der Waals surface area contributed by atoms with Crippen LogP contribution in [-0.4, -0.2) is 22.9 Å². The summed E-state index contributed by atoms with van der Waals surface area (Å²) in [4.78, 5) is 13.8. The molecule has 2 heterocycles. The highest BCUT2D eigenvalue weighted by molar-refractivity contribution is 7.07. The van der Waals surface area contributed by atoms with E-state index in [1.807, 2.05) is 11.9 Å². The van der Waals surface area contributed by atoms with Gasteiger partial charge in [-0.05, 0) is 35.7 Å². The first-order valence-corrected chi connectivity index (χ1v) is 7.28. The second-order valence-corrected chi connectivity index (χ2v) is 5.73. The van der Waals surface area contributed by atoms with E-state index in [1.54, 1.807) is 24.6 Å². The second kappa shape index (κ2) is 5.75. The molecule has 0 N–H and O–H groups in total. The van der Waals surface area contributed by atoms with Gasteiger partial charge < -0.3 is 4.90 Å². The Morgan fingerprint density at radius 2 is 2.32 bits per heavy atom. The summed E-state index contributed by atoms with van der Waals surface area (Å²) in [5.41, 5.74) is 1.69. The lowest BCUT2D eigenvalue weighted by Gasteiger charge is -2.27. The van der Waals surface area contributed by atoms with E-state index in [4.69, 9.17) is 11.6 Å². The predicted molar refractivity (Wildman–Crippen MR) is 80.4 cm³/mol. The minimum atomic E-state index is -0.270. The number of rotatable bonds is 4. The molecule has 0 bridgehead atoms. The Bertz CT molecular complexity index is 609. The molecule has 102 valence electrons. The van der Waals surface area contributed by atoms with Gasteiger partial charge in [-0.15, -0.1) is 0 Å². The molecule has 0 saturated heterocycles. The average molecular weight is 298 g/mol. The molecule has 0 aliphatic carbocycles. The van der Waals surface area contributed by atoms with Gasteiger partial charge in [0, 0.05) is 20.1 Å². The van der Waals surface area contributed by atoms with Crippen LogP contribution in [0.4, 0.5) is 5.69 Å². The van der Waals surface area contributed by atoms with Gasteiger partial charge in [-0.2, -0.15) is 16.4 Å². The number of aromatic nitrogens is 2. The summed E-state index contributed by atoms with van der Waals surface area (Å²) in [6.07, 6.45) is 2.54. The first-order chi connectivity index (χ1) is 9.00. The molecule has 0 aliphatic heterocycles. The van der Waals surface area contributed by atoms with E-state index in [-0.39, 0.29) is 16.6 Å². The van der Waals surface area contributed by atoms with Crippen LogP contribution in [0.1, 0.15) is 12.5 Å². The molecule has 0 aliphatic rings. The highest BCUT2D eigenvalue weighted by Crippen LogP contribution is 2.23. The lowest BCUT2D eigenvalue weighted by atomic mass is 10.1. The number of hydrogen-bond acceptors (Lipinski definition) is 4. The van der Waals surface area contributed by atoms with E-state index >= 15 is 0 Å². The standard InChI is InChI=1S/C13H16ClN3OS/c1-9(6-10-4-5-19-8-10)16(2)11-7-15-17(3)13(18)12(11)14/h4-5,7-9H,6H2,1-3H3/t9-/m0/s1. The van der Waals surface area contributed by atoms with E-state index in [1.165, 1.54) is 10.2 Å². The lowest BCUT2D eigenvalue weighted by molar-refractivity contribution is 0.664. The summed E-state index contributed by atoms with van der Waals surface area (Å²) < 4.78 is 1.24. The van der Waals surface area contributed by atoms with Crippen molar-refractivity contribution in [3.05, 3.63) is 44.0 Å². The van der Waals surface area contributed by atoms with Gasteiger partial charge in [-0.1, -0.05) is 11.6 Å². The molecule has 2 aromatic rings. The zero-order chi connectivity index (χ0) is 14.0. The fraction of sp³-hybridized carbons (Fsp3) is 0.385. The molecule has 0 saturated carbocycles. The summed E-state index contributed by atoms with van der Waals surface area (Å²) in [6.45, 7) is 2.10. The van der Waals surface area contributed by atoms with Crippen molar-refractivity contribution in [3.63, 3.8) is 0 Å². The van der Waals surface area contributed by atoms with Gasteiger partial charge in [0.1, 0.15) is 5.02 Å². The van der Waals surface area contributed by atoms with Crippen molar-refractivity contribution in [1.29, 1.82) is 0 Å². The Kier molecular flexibility index (Phi) is 4.27. The molecule has 1 atom stereocenters. The Morgan fingerprint density at radius 1 is 1.58 bits per heavy atom. The van der Waals surface area contributed by atoms with Crippen LogP contribution in [-0.2, 0) is 13.5 Å². The van der Waals surface area contributed by atoms with Crippen LogP contribution >= 0.6 is 22.9 Å². The van der Waals surface area contributed by atoms with Gasteiger partial charge >= 0.3 is 0 Å². The summed E-state index contributed by atoms with van der Waals surface area (Å²) in [5, 5.41) is 8.44. The van der Waals surface area contributed by atoms with E-state index < -0.39 is 0 Å². The molecule has 0 radical (unpaired) electrons. The van der Waals surface area contributed by atoms with Gasteiger partial charge in [0.15, 0.2) is 0 Å². The Balaban J connectivity index is 2.22. The third-order valence-corrected chi connectivity index (χ3v) is 4.30. The molecule has 0 aromatic carbocycles. The maximum atomic E-state index is 11.8. The van der Waals surface area contributed by atoms with Gasteiger partial charge in [-0.3, -0.25) is 4.79 Å². The van der Waals surface area contributed by atoms with Crippen molar-refractivity contribution < 1.29 is 0 Å². The van der Waals surface area contributed by atoms with Crippen LogP contribution in [0.2, 0.25) is 5.02 Å². The Morgan fingerprint density at radius 3 is 2.95 bits per heavy atom. The van der Waals surface area contributed by atoms with Gasteiger partial charge in [0.2, 0.25) is 0 Å². The van der Waals surface area contributed by atoms with Crippen molar-refractivity contribution in [2.24, 2.45) is 7.05 Å². The summed E-state index contributed by atoms with van der Waals surface area (Å²) in [5.74, 6) is 0. The van der Waals surface area contributed by atoms with Crippen LogP contribution in [0, 0.1) is 0 Å². The topological polar surface area (TPSA) is 38.1 Å². The van der Waals surface area contributed by atoms with E-state index in [0.717, 1.165) is 6.42 Å². The highest BCUT2D eigenvalue weighted by Gasteiger charge is 2.16. The third kappa shape index (κ3) is 2.98. The molecular weight excluding hydrogens is 282 g/mol. The van der Waals surface area contributed by atoms with E-state index in [0.29, 0.717) is 5.69 Å². The lowest BCUT2D eigenvalue weighted by Crippen LogP contribution is -2.33. The number of aryl methyl sites for hydroxylation is 1. The normalized spacial score (nSPS) is 12.4. The zero-order valence-corrected chi connectivity index (χ0v) is 12.7. The van der Waals surface area contributed by atoms with Crippen molar-refractivity contribution in [2.45, 2.75) is 19.4 Å². The largest absolute Gasteiger partial charge is 0.369 e. The quantitative estimate of drug-likeness (QED) is 0.870. The number of thiophene rings is 1. The third-order valence-electron chi connectivity index (χ3n) is 3.21. The average Bonchev–Trinajstić information content (AvgIpc) is 2.88. The maximum Gasteiger partial charge on any atom is 0.287 e. The fourth-order valence-corrected chi connectivity index (χ4v) is 2.86. The van der Waals surface area contributed by atoms with Crippen LogP contribution < -0.4 is 10.5 Å². The molecular formula is C13H16ClN3OS. The number of halogens is 1. The molecule has 0 amide bonds. The summed E-state index contributed by atoms with van der Waals surface area (Å²) in [6, 6.07) is 2.35. The van der Waals surface area contributed by atoms with Crippen LogP contribution in [0.5, 0.6) is 0 Å². The van der Waals surface area contributed by atoms with Crippen molar-refractivity contribution in [2.75, 3.05) is 11.9 Å². The van der Waals surface area contributed by atoms with E-state index in [9.17, 15) is 4.79 Å². The Hall–Kier alpha value is -1.33. The van der Waals surface area contributed by atoms with Gasteiger partial charge in [0.25, 0.3) is 5.56 Å². The highest BCUT2D eigenvalue weighted by atomic mass is 35.5. The number of nitrogens with zero attached hydrogens (tertiary/aromatic N) is 3. The number of likely N-dealkylation sites (N-methyl/N-ethyl adjacent to an activating group) is 1. The smallest absolute Gasteiger partial charge is 0.287 e. The van der Waals surface area contributed by atoms with Gasteiger partial charge in [-0.25, -0.2) is 4.68 Å². The summed E-state index contributed by atoms with van der Waals surface area (Å²) in [7, 11) is 3.52. The molecule has 19 heavy (non-hydrogen) atoms. The van der Waals surface area contributed by atoms with Crippen molar-refractivity contribution in [3.8, 4) is 0 Å². The molecule has 6 heteroatoms. The molecule has 0 spiro atoms. The molecule has 2 aromatic heterocycles. The fourth-order valence-electron chi connectivity index (χ4n) is 1.87. The van der Waals surface area contributed by atoms with Crippen molar-refractivity contribution >= 4 is 28.6 Å². The molecule has 0 fully saturated rings. The number of hydrogen-bond donors (Lipinski definition) is 0. The van der Waals surface area contributed by atoms with Crippen LogP contribution in [0.25, 0.3) is 0 Å². The van der Waals surface area contributed by atoms with Gasteiger partial charge in [0.05, 0.1) is 11.9 Å². The predicted octanol–water partition coefficient (Wildman–Crippen LogP) is 2.56. The number of anilines is 1. The SMILES string of the molecule is C[C@@H](Cc1ccsc1)N(C)c1cnn(C)c(=O)c1Cl. The minimum absolute atomic E-state index is 0.220. The first-order valence-electron chi connectivity index (χ1n) is 5.96. The van der Waals surface area contributed by atoms with Crippen LogP contribution in [0.3, 0.4) is 0 Å². The first kappa shape index (κ1) is 14.1. The minimum Gasteiger partial charge on any atom is -0.369 e. The van der Waals surface area contributed by atoms with Crippen molar-refractivity contribution in [1.82, 2.24) is 9.78 Å². The Labute approximate surface area is 121 Å². The molecule has 0 unspecified atom stereocenters. The monoisotopic (exact) mass is 297 g/mol. The van der Waals surface area contributed by atoms with Crippen LogP contribution in [0.15, 0.2) is 27.8 Å². The van der Waals surface area contributed by atoms with E-state index in [2.05, 4.69) is 28.8 Å². The maximum absolute atomic E-state index is 11.8. The summed E-state index contributed by atoms with van der Waals surface area (Å²) >= 11 is 7.79. The zero-order valence-electron chi connectivity index (χ0n) is 11.1. The molecule has 2 rings (SSSR count). The second-order valence-electron chi connectivity index (χ2n) is 4.57. The molecule has 4 nitrogen and oxygen atoms in total.